The molecule has 2 aromatic rings. The Labute approximate surface area is 175 Å². The maximum Gasteiger partial charge on any atom is 0.311 e. The molecule has 2 aliphatic heterocycles. The van der Waals surface area contributed by atoms with Crippen LogP contribution >= 0.6 is 0 Å². The molecule has 3 atom stereocenters. The fourth-order valence-corrected chi connectivity index (χ4v) is 5.07. The number of fused-ring (bicyclic) bond motifs is 3. The van der Waals surface area contributed by atoms with Gasteiger partial charge in [0.15, 0.2) is 0 Å². The van der Waals surface area contributed by atoms with E-state index in [-0.39, 0.29) is 25.0 Å². The number of furan rings is 1. The number of anilines is 1. The molecule has 7 nitrogen and oxygen atoms in total. The molecule has 0 bridgehead atoms. The van der Waals surface area contributed by atoms with Crippen LogP contribution in [0.25, 0.3) is 0 Å². The summed E-state index contributed by atoms with van der Waals surface area (Å²) in [7, 11) is 1.70. The van der Waals surface area contributed by atoms with E-state index in [1.54, 1.807) is 45.7 Å². The third kappa shape index (κ3) is 2.68. The zero-order chi connectivity index (χ0) is 21.8. The van der Waals surface area contributed by atoms with Gasteiger partial charge in [-0.25, -0.2) is 0 Å². The number of ether oxygens (including phenoxy) is 1. The number of aryl methyl sites for hydroxylation is 2. The zero-order valence-electron chi connectivity index (χ0n) is 17.9. The minimum absolute atomic E-state index is 0.108. The Hall–Kier alpha value is -3.09. The van der Waals surface area contributed by atoms with Crippen molar-refractivity contribution >= 4 is 23.5 Å². The number of carbonyl (C=O) groups is 3. The third-order valence-corrected chi connectivity index (χ3v) is 6.42. The van der Waals surface area contributed by atoms with Crippen LogP contribution in [-0.4, -0.2) is 48.4 Å². The molecule has 0 spiro atoms. The van der Waals surface area contributed by atoms with Crippen molar-refractivity contribution in [2.45, 2.75) is 39.2 Å². The van der Waals surface area contributed by atoms with Gasteiger partial charge in [-0.2, -0.15) is 0 Å². The molecule has 0 unspecified atom stereocenters. The van der Waals surface area contributed by atoms with Gasteiger partial charge < -0.3 is 19.0 Å². The van der Waals surface area contributed by atoms with Crippen LogP contribution in [0, 0.1) is 19.8 Å². The minimum Gasteiger partial charge on any atom is -0.466 e. The van der Waals surface area contributed by atoms with Crippen molar-refractivity contribution in [2.24, 2.45) is 5.92 Å². The van der Waals surface area contributed by atoms with Crippen molar-refractivity contribution in [1.82, 2.24) is 4.90 Å². The van der Waals surface area contributed by atoms with Crippen LogP contribution in [0.5, 0.6) is 0 Å². The van der Waals surface area contributed by atoms with Gasteiger partial charge in [-0.15, -0.1) is 0 Å². The maximum absolute atomic E-state index is 13.6. The summed E-state index contributed by atoms with van der Waals surface area (Å²) in [6.07, 6.45) is 0. The van der Waals surface area contributed by atoms with E-state index in [1.807, 2.05) is 24.3 Å². The van der Waals surface area contributed by atoms with Gasteiger partial charge in [0.1, 0.15) is 17.1 Å². The van der Waals surface area contributed by atoms with Gasteiger partial charge in [0, 0.05) is 25.2 Å². The first-order valence-corrected chi connectivity index (χ1v) is 10.1. The Morgan fingerprint density at radius 3 is 2.60 bits per heavy atom. The average molecular weight is 410 g/mol. The van der Waals surface area contributed by atoms with Gasteiger partial charge in [0.05, 0.1) is 18.1 Å². The molecule has 0 N–H and O–H groups in total. The number of hydrogen-bond donors (Lipinski definition) is 0. The van der Waals surface area contributed by atoms with E-state index in [9.17, 15) is 14.4 Å². The van der Waals surface area contributed by atoms with Gasteiger partial charge in [-0.05, 0) is 45.4 Å². The number of para-hydroxylation sites is 1. The Balaban J connectivity index is 1.88. The van der Waals surface area contributed by atoms with Crippen LogP contribution < -0.4 is 4.90 Å². The fourth-order valence-electron chi connectivity index (χ4n) is 5.07. The number of amides is 2. The fraction of sp³-hybridized carbons (Fsp3) is 0.435. The Kier molecular flexibility index (Phi) is 4.71. The summed E-state index contributed by atoms with van der Waals surface area (Å²) in [5, 5.41) is 0. The molecular weight excluding hydrogens is 384 g/mol. The van der Waals surface area contributed by atoms with E-state index < -0.39 is 23.3 Å². The number of carbonyl (C=O) groups excluding carboxylic acids is 3. The molecule has 4 rings (SSSR count). The molecule has 0 radical (unpaired) electrons. The Bertz CT molecular complexity index is 1040. The molecule has 1 aromatic carbocycles. The molecule has 1 fully saturated rings. The van der Waals surface area contributed by atoms with E-state index >= 15 is 0 Å². The molecule has 1 saturated heterocycles. The summed E-state index contributed by atoms with van der Waals surface area (Å²) in [4.78, 5) is 43.2. The lowest BCUT2D eigenvalue weighted by molar-refractivity contribution is -0.148. The first-order chi connectivity index (χ1) is 14.2. The van der Waals surface area contributed by atoms with Crippen molar-refractivity contribution in [3.63, 3.8) is 0 Å². The molecule has 3 heterocycles. The first kappa shape index (κ1) is 20.2. The largest absolute Gasteiger partial charge is 0.466 e. The molecule has 2 aliphatic rings. The number of esters is 1. The molecule has 1 aromatic heterocycles. The van der Waals surface area contributed by atoms with Gasteiger partial charge in [0.2, 0.25) is 0 Å². The monoisotopic (exact) mass is 410 g/mol. The second kappa shape index (κ2) is 7.00. The summed E-state index contributed by atoms with van der Waals surface area (Å²) < 4.78 is 10.9. The Morgan fingerprint density at radius 1 is 1.27 bits per heavy atom. The number of likely N-dealkylation sites (N-methyl/N-ethyl adjacent to an activating group) is 1. The lowest BCUT2D eigenvalue weighted by Gasteiger charge is -2.45. The predicted molar refractivity (Wildman–Crippen MR) is 110 cm³/mol. The van der Waals surface area contributed by atoms with Gasteiger partial charge in [-0.1, -0.05) is 18.2 Å². The molecule has 7 heteroatoms. The highest BCUT2D eigenvalue weighted by atomic mass is 16.5. The van der Waals surface area contributed by atoms with E-state index in [0.29, 0.717) is 17.1 Å². The molecule has 30 heavy (non-hydrogen) atoms. The van der Waals surface area contributed by atoms with Crippen LogP contribution in [0.2, 0.25) is 0 Å². The highest BCUT2D eigenvalue weighted by Gasteiger charge is 2.63. The van der Waals surface area contributed by atoms with Crippen LogP contribution in [0.3, 0.4) is 0 Å². The quantitative estimate of drug-likeness (QED) is 0.727. The first-order valence-electron chi connectivity index (χ1n) is 10.1. The topological polar surface area (TPSA) is 80.1 Å². The van der Waals surface area contributed by atoms with Crippen LogP contribution in [0.15, 0.2) is 34.7 Å². The van der Waals surface area contributed by atoms with E-state index in [2.05, 4.69) is 0 Å². The molecule has 0 saturated carbocycles. The van der Waals surface area contributed by atoms with Crippen molar-refractivity contribution in [2.75, 3.05) is 25.1 Å². The van der Waals surface area contributed by atoms with Gasteiger partial charge >= 0.3 is 5.97 Å². The standard InChI is InChI=1S/C23H26N2O5/c1-6-29-21(27)17-12-25(20(26)16-11-13(2)30-14(16)3)23(4)19(17)15-9-7-8-10-18(15)24(5)22(23)28/h7-11,17,19H,6,12H2,1-5H3/t17-,19+,23-/m0/s1. The van der Waals surface area contributed by atoms with Gasteiger partial charge in [0.25, 0.3) is 11.8 Å². The number of likely N-dealkylation sites (tertiary alicyclic amines) is 1. The summed E-state index contributed by atoms with van der Waals surface area (Å²) in [6, 6.07) is 9.22. The smallest absolute Gasteiger partial charge is 0.311 e. The van der Waals surface area contributed by atoms with Crippen LogP contribution in [-0.2, 0) is 14.3 Å². The second-order valence-corrected chi connectivity index (χ2v) is 8.15. The molecular formula is C23H26N2O5. The van der Waals surface area contributed by atoms with E-state index in [4.69, 9.17) is 9.15 Å². The molecule has 158 valence electrons. The summed E-state index contributed by atoms with van der Waals surface area (Å²) in [6.45, 7) is 7.35. The number of nitrogens with zero attached hydrogens (tertiary/aromatic N) is 2. The molecule has 2 amide bonds. The van der Waals surface area contributed by atoms with E-state index in [1.165, 1.54) is 4.90 Å². The maximum atomic E-state index is 13.6. The van der Waals surface area contributed by atoms with Crippen molar-refractivity contribution < 1.29 is 23.5 Å². The average Bonchev–Trinajstić information content (AvgIpc) is 3.23. The summed E-state index contributed by atoms with van der Waals surface area (Å²) in [5.74, 6) is -0.935. The minimum atomic E-state index is -1.21. The van der Waals surface area contributed by atoms with Crippen molar-refractivity contribution in [3.8, 4) is 0 Å². The van der Waals surface area contributed by atoms with Crippen LogP contribution in [0.4, 0.5) is 5.69 Å². The highest BCUT2D eigenvalue weighted by molar-refractivity contribution is 6.09. The summed E-state index contributed by atoms with van der Waals surface area (Å²) >= 11 is 0. The number of hydrogen-bond acceptors (Lipinski definition) is 5. The SMILES string of the molecule is CCOC(=O)[C@H]1CN(C(=O)c2cc(C)oc2C)[C@]2(C)C(=O)N(C)c3ccccc3[C@H]12. The zero-order valence-corrected chi connectivity index (χ0v) is 17.9. The second-order valence-electron chi connectivity index (χ2n) is 8.15. The highest BCUT2D eigenvalue weighted by Crippen LogP contribution is 2.53. The van der Waals surface area contributed by atoms with Crippen LogP contribution in [0.1, 0.15) is 47.2 Å². The van der Waals surface area contributed by atoms with Crippen molar-refractivity contribution in [1.29, 1.82) is 0 Å². The number of rotatable bonds is 3. The number of benzene rings is 1. The normalized spacial score (nSPS) is 25.2. The van der Waals surface area contributed by atoms with E-state index in [0.717, 1.165) is 11.3 Å². The van der Waals surface area contributed by atoms with Crippen molar-refractivity contribution in [3.05, 3.63) is 53.0 Å². The predicted octanol–water partition coefficient (Wildman–Crippen LogP) is 3.05. The summed E-state index contributed by atoms with van der Waals surface area (Å²) in [5.41, 5.74) is 0.820. The third-order valence-electron chi connectivity index (χ3n) is 6.42. The lowest BCUT2D eigenvalue weighted by Crippen LogP contribution is -2.60. The Morgan fingerprint density at radius 2 is 1.97 bits per heavy atom. The van der Waals surface area contributed by atoms with Gasteiger partial charge in [-0.3, -0.25) is 14.4 Å². The molecule has 0 aliphatic carbocycles. The lowest BCUT2D eigenvalue weighted by atomic mass is 9.72.